The number of carbonyl (C=O) groups is 2. The molecule has 0 N–H and O–H groups in total. The number of carbonyl (C=O) groups excluding carboxylic acids is 2. The Balaban J connectivity index is 1.65. The number of methoxy groups -OCH3 is 1. The monoisotopic (exact) mass is 378 g/mol. The quantitative estimate of drug-likeness (QED) is 0.369. The maximum Gasteiger partial charge on any atom is 0.379 e. The van der Waals surface area contributed by atoms with Crippen LogP contribution >= 0.6 is 0 Å². The molecule has 0 amide bonds. The molecular formula is C22H18O6. The third kappa shape index (κ3) is 2.83. The fourth-order valence-corrected chi connectivity index (χ4v) is 3.21. The Morgan fingerprint density at radius 3 is 2.61 bits per heavy atom. The van der Waals surface area contributed by atoms with Gasteiger partial charge in [-0.15, -0.1) is 0 Å². The van der Waals surface area contributed by atoms with Gasteiger partial charge in [-0.2, -0.15) is 0 Å². The summed E-state index contributed by atoms with van der Waals surface area (Å²) in [5, 5.41) is 0.735. The van der Waals surface area contributed by atoms with E-state index in [0.29, 0.717) is 34.0 Å². The Hall–Kier alpha value is -3.54. The van der Waals surface area contributed by atoms with Crippen LogP contribution in [0.5, 0.6) is 17.2 Å². The zero-order valence-corrected chi connectivity index (χ0v) is 15.9. The van der Waals surface area contributed by atoms with Crippen molar-refractivity contribution in [2.45, 2.75) is 20.8 Å². The third-order valence-corrected chi connectivity index (χ3v) is 4.51. The summed E-state index contributed by atoms with van der Waals surface area (Å²) in [7, 11) is 1.53. The number of rotatable bonds is 3. The van der Waals surface area contributed by atoms with Gasteiger partial charge < -0.3 is 18.6 Å². The summed E-state index contributed by atoms with van der Waals surface area (Å²) in [6, 6.07) is 10.1. The second-order valence-corrected chi connectivity index (χ2v) is 6.75. The van der Waals surface area contributed by atoms with Crippen LogP contribution in [0.15, 0.2) is 52.1 Å². The average molecular weight is 378 g/mol. The third-order valence-electron chi connectivity index (χ3n) is 4.51. The van der Waals surface area contributed by atoms with Crippen LogP contribution in [-0.4, -0.2) is 18.9 Å². The van der Waals surface area contributed by atoms with E-state index in [1.807, 2.05) is 26.0 Å². The molecule has 3 aromatic rings. The molecule has 0 aliphatic carbocycles. The summed E-state index contributed by atoms with van der Waals surface area (Å²) in [4.78, 5) is 25.0. The molecule has 142 valence electrons. The fourth-order valence-electron chi connectivity index (χ4n) is 3.21. The molecule has 0 saturated heterocycles. The van der Waals surface area contributed by atoms with Gasteiger partial charge in [0.15, 0.2) is 17.1 Å². The highest BCUT2D eigenvalue weighted by atomic mass is 16.6. The van der Waals surface area contributed by atoms with Crippen molar-refractivity contribution in [1.29, 1.82) is 0 Å². The first-order valence-electron chi connectivity index (χ1n) is 8.72. The molecule has 1 aliphatic rings. The van der Waals surface area contributed by atoms with Crippen LogP contribution in [-0.2, 0) is 0 Å². The van der Waals surface area contributed by atoms with Crippen molar-refractivity contribution in [1.82, 2.24) is 0 Å². The average Bonchev–Trinajstić information content (AvgIpc) is 3.23. The normalized spacial score (nSPS) is 12.7. The molecule has 1 aliphatic heterocycles. The van der Waals surface area contributed by atoms with Crippen molar-refractivity contribution < 1.29 is 28.2 Å². The van der Waals surface area contributed by atoms with Crippen LogP contribution in [0.3, 0.4) is 0 Å². The molecule has 0 bridgehead atoms. The molecule has 0 fully saturated rings. The van der Waals surface area contributed by atoms with Crippen molar-refractivity contribution in [2.24, 2.45) is 0 Å². The topological polar surface area (TPSA) is 75.0 Å². The zero-order chi connectivity index (χ0) is 20.0. The molecule has 0 saturated carbocycles. The Labute approximate surface area is 161 Å². The number of aryl methyl sites for hydroxylation is 1. The highest BCUT2D eigenvalue weighted by Crippen LogP contribution is 2.38. The maximum absolute atomic E-state index is 12.6. The summed E-state index contributed by atoms with van der Waals surface area (Å²) >= 11 is 0. The lowest BCUT2D eigenvalue weighted by Gasteiger charge is -2.06. The molecule has 2 aromatic carbocycles. The number of ketones is 1. The summed E-state index contributed by atoms with van der Waals surface area (Å²) < 4.78 is 22.0. The lowest BCUT2D eigenvalue weighted by atomic mass is 10.0. The number of esters is 1. The molecule has 4 rings (SSSR count). The van der Waals surface area contributed by atoms with E-state index in [1.54, 1.807) is 25.1 Å². The van der Waals surface area contributed by atoms with Crippen LogP contribution in [0.4, 0.5) is 0 Å². The van der Waals surface area contributed by atoms with E-state index in [2.05, 4.69) is 0 Å². The molecule has 6 nitrogen and oxygen atoms in total. The number of hydrogen-bond acceptors (Lipinski definition) is 6. The summed E-state index contributed by atoms with van der Waals surface area (Å²) in [5.74, 6) is 0.752. The number of para-hydroxylation sites is 1. The molecule has 6 heteroatoms. The standard InChI is InChI=1S/C22H18O6/c1-11(2)20-19(23)18-12(3)8-14(10-16(18)27-20)26-22(24)17-9-13-6-5-7-15(25-4)21(13)28-17/h5-10H,1-4H3. The SMILES string of the molecule is COc1cccc2cc(C(=O)Oc3cc(C)c4c(c3)OC(=C(C)C)C4=O)oc12. The first kappa shape index (κ1) is 17.9. The first-order chi connectivity index (χ1) is 13.4. The molecule has 2 heterocycles. The molecular weight excluding hydrogens is 360 g/mol. The predicted octanol–water partition coefficient (Wildman–Crippen LogP) is 4.84. The van der Waals surface area contributed by atoms with Crippen molar-refractivity contribution in [3.05, 3.63) is 64.6 Å². The zero-order valence-electron chi connectivity index (χ0n) is 15.9. The maximum atomic E-state index is 12.6. The first-order valence-corrected chi connectivity index (χ1v) is 8.72. The Morgan fingerprint density at radius 2 is 1.89 bits per heavy atom. The van der Waals surface area contributed by atoms with E-state index in [4.69, 9.17) is 18.6 Å². The molecule has 0 atom stereocenters. The fraction of sp³-hybridized carbons (Fsp3) is 0.182. The van der Waals surface area contributed by atoms with Gasteiger partial charge in [0.25, 0.3) is 0 Å². The van der Waals surface area contributed by atoms with Crippen molar-refractivity contribution >= 4 is 22.7 Å². The largest absolute Gasteiger partial charge is 0.493 e. The van der Waals surface area contributed by atoms with Gasteiger partial charge in [0, 0.05) is 11.5 Å². The van der Waals surface area contributed by atoms with Crippen LogP contribution in [0.2, 0.25) is 0 Å². The van der Waals surface area contributed by atoms with Gasteiger partial charge in [0.2, 0.25) is 11.5 Å². The minimum Gasteiger partial charge on any atom is -0.493 e. The van der Waals surface area contributed by atoms with Crippen LogP contribution in [0.25, 0.3) is 11.0 Å². The molecule has 0 radical (unpaired) electrons. The Bertz CT molecular complexity index is 1160. The molecule has 28 heavy (non-hydrogen) atoms. The van der Waals surface area contributed by atoms with Gasteiger partial charge in [0.05, 0.1) is 12.7 Å². The lowest BCUT2D eigenvalue weighted by molar-refractivity contribution is 0.0703. The van der Waals surface area contributed by atoms with E-state index >= 15 is 0 Å². The predicted molar refractivity (Wildman–Crippen MR) is 102 cm³/mol. The van der Waals surface area contributed by atoms with E-state index in [9.17, 15) is 9.59 Å². The van der Waals surface area contributed by atoms with E-state index in [1.165, 1.54) is 13.2 Å². The highest BCUT2D eigenvalue weighted by Gasteiger charge is 2.31. The summed E-state index contributed by atoms with van der Waals surface area (Å²) in [5.41, 5.74) is 2.43. The minimum absolute atomic E-state index is 0.0552. The van der Waals surface area contributed by atoms with Gasteiger partial charge in [0.1, 0.15) is 11.5 Å². The van der Waals surface area contributed by atoms with Crippen molar-refractivity contribution in [3.8, 4) is 17.2 Å². The van der Waals surface area contributed by atoms with Gasteiger partial charge >= 0.3 is 5.97 Å². The van der Waals surface area contributed by atoms with E-state index in [-0.39, 0.29) is 17.3 Å². The Morgan fingerprint density at radius 1 is 1.11 bits per heavy atom. The van der Waals surface area contributed by atoms with Gasteiger partial charge in [-0.1, -0.05) is 12.1 Å². The van der Waals surface area contributed by atoms with Crippen LogP contribution in [0, 0.1) is 6.92 Å². The summed E-state index contributed by atoms with van der Waals surface area (Å²) in [6.07, 6.45) is 0. The van der Waals surface area contributed by atoms with E-state index < -0.39 is 5.97 Å². The number of Topliss-reactive ketones (excluding diaryl/α,β-unsaturated/α-hetero) is 1. The molecule has 1 aromatic heterocycles. The smallest absolute Gasteiger partial charge is 0.379 e. The molecule has 0 spiro atoms. The lowest BCUT2D eigenvalue weighted by Crippen LogP contribution is -2.07. The second-order valence-electron chi connectivity index (χ2n) is 6.75. The van der Waals surface area contributed by atoms with Gasteiger partial charge in [-0.3, -0.25) is 4.79 Å². The summed E-state index contributed by atoms with van der Waals surface area (Å²) in [6.45, 7) is 5.40. The van der Waals surface area contributed by atoms with Gasteiger partial charge in [-0.25, -0.2) is 4.79 Å². The number of ether oxygens (including phenoxy) is 3. The second kappa shape index (κ2) is 6.56. The number of benzene rings is 2. The number of fused-ring (bicyclic) bond motifs is 2. The van der Waals surface area contributed by atoms with Crippen LogP contribution in [0.1, 0.15) is 40.3 Å². The number of hydrogen-bond donors (Lipinski definition) is 0. The Kier molecular flexibility index (Phi) is 4.19. The van der Waals surface area contributed by atoms with Crippen molar-refractivity contribution in [3.63, 3.8) is 0 Å². The van der Waals surface area contributed by atoms with Crippen LogP contribution < -0.4 is 14.2 Å². The number of allylic oxidation sites excluding steroid dienone is 2. The highest BCUT2D eigenvalue weighted by molar-refractivity contribution is 6.13. The van der Waals surface area contributed by atoms with Crippen molar-refractivity contribution in [2.75, 3.05) is 7.11 Å². The van der Waals surface area contributed by atoms with Gasteiger partial charge in [-0.05, 0) is 50.1 Å². The minimum atomic E-state index is -0.649. The molecule has 0 unspecified atom stereocenters. The number of furan rings is 1. The van der Waals surface area contributed by atoms with E-state index in [0.717, 1.165) is 11.0 Å².